The third-order valence-electron chi connectivity index (χ3n) is 5.28. The SMILES string of the molecule is COC(=O)CC1COC(c2ccncc2NC(=O)c2ccc(F)c(-c3c(F)cccc3F)n2)OC1. The number of amides is 1. The van der Waals surface area contributed by atoms with Crippen LogP contribution in [0.2, 0.25) is 0 Å². The number of esters is 1. The molecule has 3 aromatic rings. The molecule has 0 bridgehead atoms. The fourth-order valence-corrected chi connectivity index (χ4v) is 3.53. The van der Waals surface area contributed by atoms with Gasteiger partial charge in [-0.1, -0.05) is 6.07 Å². The summed E-state index contributed by atoms with van der Waals surface area (Å²) in [6.07, 6.45) is 2.14. The van der Waals surface area contributed by atoms with Crippen molar-refractivity contribution in [1.29, 1.82) is 0 Å². The molecule has 3 heterocycles. The summed E-state index contributed by atoms with van der Waals surface area (Å²) in [7, 11) is 1.30. The molecule has 1 aromatic carbocycles. The second-order valence-corrected chi connectivity index (χ2v) is 7.69. The highest BCUT2D eigenvalue weighted by molar-refractivity contribution is 6.03. The maximum absolute atomic E-state index is 14.3. The standard InChI is InChI=1S/C24H20F3N3O5/c1-33-20(31)9-13-11-34-24(35-12-13)14-7-8-28-10-19(14)30-23(32)18-6-5-17(27)22(29-18)21-15(25)3-2-4-16(21)26/h2-8,10,13,24H,9,11-12H2,1H3,(H,30,32). The number of ether oxygens (including phenoxy) is 3. The van der Waals surface area contributed by atoms with Crippen LogP contribution in [0.4, 0.5) is 18.9 Å². The molecule has 2 aromatic heterocycles. The largest absolute Gasteiger partial charge is 0.469 e. The lowest BCUT2D eigenvalue weighted by Gasteiger charge is -2.30. The Morgan fingerprint density at radius 2 is 1.77 bits per heavy atom. The Balaban J connectivity index is 1.53. The Morgan fingerprint density at radius 1 is 1.06 bits per heavy atom. The number of benzene rings is 1. The predicted octanol–water partition coefficient (Wildman–Crippen LogP) is 4.04. The average molecular weight is 487 g/mol. The van der Waals surface area contributed by atoms with Crippen molar-refractivity contribution in [3.63, 3.8) is 0 Å². The lowest BCUT2D eigenvalue weighted by Crippen LogP contribution is -2.29. The van der Waals surface area contributed by atoms with Gasteiger partial charge in [-0.2, -0.15) is 0 Å². The van der Waals surface area contributed by atoms with Crippen molar-refractivity contribution in [3.05, 3.63) is 77.5 Å². The van der Waals surface area contributed by atoms with Gasteiger partial charge in [0.15, 0.2) is 6.29 Å². The van der Waals surface area contributed by atoms with Crippen LogP contribution in [-0.4, -0.2) is 42.2 Å². The van der Waals surface area contributed by atoms with Gasteiger partial charge in [0.1, 0.15) is 28.8 Å². The Labute approximate surface area is 198 Å². The van der Waals surface area contributed by atoms with E-state index in [1.54, 1.807) is 6.07 Å². The molecule has 35 heavy (non-hydrogen) atoms. The monoisotopic (exact) mass is 487 g/mol. The van der Waals surface area contributed by atoms with Crippen molar-refractivity contribution in [3.8, 4) is 11.3 Å². The van der Waals surface area contributed by atoms with Gasteiger partial charge in [-0.05, 0) is 30.3 Å². The van der Waals surface area contributed by atoms with E-state index < -0.39 is 40.9 Å². The van der Waals surface area contributed by atoms with Gasteiger partial charge in [-0.25, -0.2) is 18.2 Å². The van der Waals surface area contributed by atoms with E-state index in [1.807, 2.05) is 0 Å². The Morgan fingerprint density at radius 3 is 2.46 bits per heavy atom. The van der Waals surface area contributed by atoms with Crippen LogP contribution < -0.4 is 5.32 Å². The summed E-state index contributed by atoms with van der Waals surface area (Å²) < 4.78 is 58.7. The van der Waals surface area contributed by atoms with Gasteiger partial charge in [0, 0.05) is 17.7 Å². The topological polar surface area (TPSA) is 99.6 Å². The van der Waals surface area contributed by atoms with Crippen molar-refractivity contribution in [1.82, 2.24) is 9.97 Å². The summed E-state index contributed by atoms with van der Waals surface area (Å²) >= 11 is 0. The number of methoxy groups -OCH3 is 1. The molecule has 0 atom stereocenters. The van der Waals surface area contributed by atoms with Crippen molar-refractivity contribution in [2.75, 3.05) is 25.6 Å². The number of pyridine rings is 2. The predicted molar refractivity (Wildman–Crippen MR) is 117 cm³/mol. The second kappa shape index (κ2) is 10.6. The van der Waals surface area contributed by atoms with Gasteiger partial charge < -0.3 is 19.5 Å². The number of carbonyl (C=O) groups is 2. The first-order valence-electron chi connectivity index (χ1n) is 10.5. The second-order valence-electron chi connectivity index (χ2n) is 7.69. The number of aromatic nitrogens is 2. The molecule has 1 fully saturated rings. The Hall–Kier alpha value is -3.83. The number of anilines is 1. The fourth-order valence-electron chi connectivity index (χ4n) is 3.53. The van der Waals surface area contributed by atoms with Crippen LogP contribution in [0.3, 0.4) is 0 Å². The molecule has 0 spiro atoms. The normalized spacial score (nSPS) is 17.6. The molecule has 1 aliphatic rings. The molecule has 8 nitrogen and oxygen atoms in total. The number of nitrogens with one attached hydrogen (secondary N) is 1. The zero-order valence-corrected chi connectivity index (χ0v) is 18.5. The summed E-state index contributed by atoms with van der Waals surface area (Å²) in [5, 5.41) is 2.60. The van der Waals surface area contributed by atoms with Gasteiger partial charge in [0.05, 0.1) is 44.2 Å². The molecular weight excluding hydrogens is 467 g/mol. The summed E-state index contributed by atoms with van der Waals surface area (Å²) in [6.45, 7) is 0.457. The van der Waals surface area contributed by atoms with Crippen molar-refractivity contribution >= 4 is 17.6 Å². The summed E-state index contributed by atoms with van der Waals surface area (Å²) in [4.78, 5) is 32.2. The average Bonchev–Trinajstić information content (AvgIpc) is 2.85. The molecule has 182 valence electrons. The van der Waals surface area contributed by atoms with E-state index in [1.165, 1.54) is 19.5 Å². The molecule has 0 saturated carbocycles. The molecule has 4 rings (SSSR count). The van der Waals surface area contributed by atoms with Crippen molar-refractivity contribution in [2.24, 2.45) is 5.92 Å². The van der Waals surface area contributed by atoms with Crippen LogP contribution in [0.15, 0.2) is 48.8 Å². The number of carbonyl (C=O) groups excluding carboxylic acids is 2. The smallest absolute Gasteiger partial charge is 0.305 e. The molecule has 1 aliphatic heterocycles. The molecular formula is C24H20F3N3O5. The third kappa shape index (κ3) is 5.47. The van der Waals surface area contributed by atoms with E-state index in [-0.39, 0.29) is 42.9 Å². The van der Waals surface area contributed by atoms with E-state index in [0.29, 0.717) is 5.56 Å². The van der Waals surface area contributed by atoms with Gasteiger partial charge in [0.25, 0.3) is 5.91 Å². The minimum Gasteiger partial charge on any atom is -0.469 e. The van der Waals surface area contributed by atoms with E-state index in [2.05, 4.69) is 20.0 Å². The van der Waals surface area contributed by atoms with Gasteiger partial charge in [0.2, 0.25) is 0 Å². The third-order valence-corrected chi connectivity index (χ3v) is 5.28. The molecule has 1 N–H and O–H groups in total. The number of hydrogen-bond acceptors (Lipinski definition) is 7. The molecule has 0 unspecified atom stereocenters. The molecule has 1 saturated heterocycles. The van der Waals surface area contributed by atoms with Gasteiger partial charge in [-0.3, -0.25) is 14.6 Å². The van der Waals surface area contributed by atoms with Crippen LogP contribution >= 0.6 is 0 Å². The van der Waals surface area contributed by atoms with Crippen molar-refractivity contribution < 1.29 is 37.0 Å². The number of nitrogens with zero attached hydrogens (tertiary/aromatic N) is 2. The molecule has 0 radical (unpaired) electrons. The Kier molecular flexibility index (Phi) is 7.37. The highest BCUT2D eigenvalue weighted by Crippen LogP contribution is 2.31. The summed E-state index contributed by atoms with van der Waals surface area (Å²) in [5.74, 6) is -4.34. The molecule has 0 aliphatic carbocycles. The minimum absolute atomic E-state index is 0.143. The highest BCUT2D eigenvalue weighted by Gasteiger charge is 2.28. The molecule has 1 amide bonds. The van der Waals surface area contributed by atoms with E-state index >= 15 is 0 Å². The number of hydrogen-bond donors (Lipinski definition) is 1. The number of halogens is 3. The summed E-state index contributed by atoms with van der Waals surface area (Å²) in [6, 6.07) is 6.65. The first kappa shape index (κ1) is 24.3. The van der Waals surface area contributed by atoms with Gasteiger partial charge in [-0.15, -0.1) is 0 Å². The number of rotatable bonds is 6. The first-order chi connectivity index (χ1) is 16.9. The van der Waals surface area contributed by atoms with Gasteiger partial charge >= 0.3 is 5.97 Å². The van der Waals surface area contributed by atoms with E-state index in [4.69, 9.17) is 9.47 Å². The van der Waals surface area contributed by atoms with Crippen LogP contribution in [0.25, 0.3) is 11.3 Å². The van der Waals surface area contributed by atoms with Crippen molar-refractivity contribution in [2.45, 2.75) is 12.7 Å². The summed E-state index contributed by atoms with van der Waals surface area (Å²) in [5.41, 5.74) is -0.893. The van der Waals surface area contributed by atoms with Crippen LogP contribution in [0, 0.1) is 23.4 Å². The first-order valence-corrected chi connectivity index (χ1v) is 10.5. The lowest BCUT2D eigenvalue weighted by atomic mass is 10.1. The highest BCUT2D eigenvalue weighted by atomic mass is 19.1. The Bertz CT molecular complexity index is 1230. The van der Waals surface area contributed by atoms with Crippen LogP contribution in [-0.2, 0) is 19.0 Å². The minimum atomic E-state index is -1.01. The zero-order valence-electron chi connectivity index (χ0n) is 18.5. The quantitative estimate of drug-likeness (QED) is 0.524. The fraction of sp³-hybridized carbons (Fsp3) is 0.250. The zero-order chi connectivity index (χ0) is 24.9. The lowest BCUT2D eigenvalue weighted by molar-refractivity contribution is -0.207. The molecule has 11 heteroatoms. The van der Waals surface area contributed by atoms with Crippen LogP contribution in [0.1, 0.15) is 28.8 Å². The van der Waals surface area contributed by atoms with E-state index in [0.717, 1.165) is 30.3 Å². The van der Waals surface area contributed by atoms with Crippen LogP contribution in [0.5, 0.6) is 0 Å². The maximum atomic E-state index is 14.3. The van der Waals surface area contributed by atoms with E-state index in [9.17, 15) is 22.8 Å². The maximum Gasteiger partial charge on any atom is 0.305 e.